The van der Waals surface area contributed by atoms with Crippen LogP contribution in [-0.4, -0.2) is 40.5 Å². The van der Waals surface area contributed by atoms with Gasteiger partial charge in [-0.05, 0) is 37.1 Å². The molecule has 7 nitrogen and oxygen atoms in total. The number of aromatic nitrogens is 2. The number of carbonyl (C=O) groups is 1. The average Bonchev–Trinajstić information content (AvgIpc) is 2.95. The summed E-state index contributed by atoms with van der Waals surface area (Å²) in [5, 5.41) is 4.39. The molecule has 1 amide bonds. The average molecular weight is 355 g/mol. The molecule has 0 radical (unpaired) electrons. The van der Waals surface area contributed by atoms with Crippen molar-refractivity contribution in [1.29, 1.82) is 0 Å². The molecule has 0 saturated carbocycles. The number of carbonyl (C=O) groups excluding carboxylic acids is 1. The summed E-state index contributed by atoms with van der Waals surface area (Å²) in [7, 11) is 0. The number of rotatable bonds is 3. The molecule has 7 heteroatoms. The van der Waals surface area contributed by atoms with Gasteiger partial charge in [0, 0.05) is 24.7 Å². The summed E-state index contributed by atoms with van der Waals surface area (Å²) < 4.78 is 11.9. The molecular formula is C19H21N3O4. The van der Waals surface area contributed by atoms with E-state index in [0.717, 1.165) is 44.3 Å². The van der Waals surface area contributed by atoms with E-state index in [-0.39, 0.29) is 24.8 Å². The predicted molar refractivity (Wildman–Crippen MR) is 95.1 cm³/mol. The zero-order chi connectivity index (χ0) is 17.9. The van der Waals surface area contributed by atoms with Crippen molar-refractivity contribution in [3.05, 3.63) is 40.7 Å². The van der Waals surface area contributed by atoms with Gasteiger partial charge in [-0.15, -0.1) is 0 Å². The molecule has 26 heavy (non-hydrogen) atoms. The van der Waals surface area contributed by atoms with Gasteiger partial charge in [0.15, 0.2) is 11.5 Å². The minimum absolute atomic E-state index is 0.0305. The van der Waals surface area contributed by atoms with Crippen molar-refractivity contribution < 1.29 is 14.3 Å². The Kier molecular flexibility index (Phi) is 4.60. The fourth-order valence-electron chi connectivity index (χ4n) is 3.32. The zero-order valence-electron chi connectivity index (χ0n) is 14.5. The first-order chi connectivity index (χ1) is 12.7. The molecule has 3 heterocycles. The van der Waals surface area contributed by atoms with Crippen LogP contribution in [-0.2, 0) is 11.3 Å². The van der Waals surface area contributed by atoms with Gasteiger partial charge in [0.2, 0.25) is 12.7 Å². The van der Waals surface area contributed by atoms with Crippen molar-refractivity contribution in [3.8, 4) is 22.8 Å². The number of fused-ring (bicyclic) bond motifs is 1. The van der Waals surface area contributed by atoms with Crippen molar-refractivity contribution in [1.82, 2.24) is 14.7 Å². The van der Waals surface area contributed by atoms with Crippen LogP contribution in [0, 0.1) is 0 Å². The molecular weight excluding hydrogens is 334 g/mol. The standard InChI is InChI=1S/C19H21N3O4/c23-18-8-6-15(14-5-7-16-17(11-14)26-13-25-16)20-22(18)12-19(24)21-9-3-1-2-4-10-21/h5-8,11H,1-4,9-10,12-13H2. The summed E-state index contributed by atoms with van der Waals surface area (Å²) in [5.74, 6) is 1.30. The maximum atomic E-state index is 12.6. The fourth-order valence-corrected chi connectivity index (χ4v) is 3.32. The molecule has 136 valence electrons. The molecule has 0 N–H and O–H groups in total. The first-order valence-electron chi connectivity index (χ1n) is 8.97. The first-order valence-corrected chi connectivity index (χ1v) is 8.97. The van der Waals surface area contributed by atoms with E-state index in [4.69, 9.17) is 9.47 Å². The molecule has 1 aromatic carbocycles. The van der Waals surface area contributed by atoms with Gasteiger partial charge in [-0.25, -0.2) is 4.68 Å². The first kappa shape index (κ1) is 16.6. The third kappa shape index (κ3) is 3.42. The Morgan fingerprint density at radius 1 is 1.00 bits per heavy atom. The monoisotopic (exact) mass is 355 g/mol. The lowest BCUT2D eigenvalue weighted by Crippen LogP contribution is -2.37. The number of hydrogen-bond donors (Lipinski definition) is 0. The van der Waals surface area contributed by atoms with Crippen molar-refractivity contribution in [2.75, 3.05) is 19.9 Å². The number of benzene rings is 1. The van der Waals surface area contributed by atoms with Crippen LogP contribution in [0.2, 0.25) is 0 Å². The Hall–Kier alpha value is -2.83. The summed E-state index contributed by atoms with van der Waals surface area (Å²) >= 11 is 0. The van der Waals surface area contributed by atoms with Crippen LogP contribution in [0.1, 0.15) is 25.7 Å². The highest BCUT2D eigenvalue weighted by atomic mass is 16.7. The fraction of sp³-hybridized carbons (Fsp3) is 0.421. The van der Waals surface area contributed by atoms with Gasteiger partial charge in [0.25, 0.3) is 5.56 Å². The van der Waals surface area contributed by atoms with E-state index < -0.39 is 0 Å². The second-order valence-electron chi connectivity index (χ2n) is 6.58. The van der Waals surface area contributed by atoms with Crippen LogP contribution < -0.4 is 15.0 Å². The topological polar surface area (TPSA) is 73.7 Å². The van der Waals surface area contributed by atoms with Crippen molar-refractivity contribution >= 4 is 5.91 Å². The molecule has 2 aliphatic rings. The van der Waals surface area contributed by atoms with Gasteiger partial charge >= 0.3 is 0 Å². The smallest absolute Gasteiger partial charge is 0.267 e. The summed E-state index contributed by atoms with van der Waals surface area (Å²) in [5.41, 5.74) is 1.15. The number of nitrogens with zero attached hydrogens (tertiary/aromatic N) is 3. The lowest BCUT2D eigenvalue weighted by molar-refractivity contribution is -0.132. The summed E-state index contributed by atoms with van der Waals surface area (Å²) in [6.45, 7) is 1.69. The molecule has 0 bridgehead atoms. The van der Waals surface area contributed by atoms with Crippen molar-refractivity contribution in [2.45, 2.75) is 32.2 Å². The number of ether oxygens (including phenoxy) is 2. The van der Waals surface area contributed by atoms with Gasteiger partial charge < -0.3 is 14.4 Å². The third-order valence-corrected chi connectivity index (χ3v) is 4.78. The lowest BCUT2D eigenvalue weighted by Gasteiger charge is -2.20. The summed E-state index contributed by atoms with van der Waals surface area (Å²) in [6.07, 6.45) is 4.35. The minimum Gasteiger partial charge on any atom is -0.454 e. The van der Waals surface area contributed by atoms with Gasteiger partial charge in [-0.3, -0.25) is 9.59 Å². The SMILES string of the molecule is O=C(Cn1nc(-c2ccc3c(c2)OCO3)ccc1=O)N1CCCCCC1. The van der Waals surface area contributed by atoms with Crippen LogP contribution in [0.3, 0.4) is 0 Å². The van der Waals surface area contributed by atoms with E-state index in [0.29, 0.717) is 17.2 Å². The lowest BCUT2D eigenvalue weighted by atomic mass is 10.1. The number of hydrogen-bond acceptors (Lipinski definition) is 5. The number of likely N-dealkylation sites (tertiary alicyclic amines) is 1. The third-order valence-electron chi connectivity index (χ3n) is 4.78. The maximum Gasteiger partial charge on any atom is 0.267 e. The molecule has 0 spiro atoms. The Morgan fingerprint density at radius 2 is 1.77 bits per heavy atom. The molecule has 0 aliphatic carbocycles. The van der Waals surface area contributed by atoms with E-state index in [1.165, 1.54) is 10.7 Å². The molecule has 0 unspecified atom stereocenters. The largest absolute Gasteiger partial charge is 0.454 e. The Bertz CT molecular complexity index is 869. The Balaban J connectivity index is 1.56. The Labute approximate surface area is 151 Å². The van der Waals surface area contributed by atoms with Crippen LogP contribution in [0.15, 0.2) is 35.1 Å². The van der Waals surface area contributed by atoms with Crippen LogP contribution in [0.4, 0.5) is 0 Å². The van der Waals surface area contributed by atoms with Crippen molar-refractivity contribution in [2.24, 2.45) is 0 Å². The molecule has 1 aromatic heterocycles. The summed E-state index contributed by atoms with van der Waals surface area (Å²) in [6, 6.07) is 8.62. The van der Waals surface area contributed by atoms with Crippen LogP contribution in [0.5, 0.6) is 11.5 Å². The quantitative estimate of drug-likeness (QED) is 0.842. The zero-order valence-corrected chi connectivity index (χ0v) is 14.5. The van der Waals surface area contributed by atoms with E-state index in [1.54, 1.807) is 6.07 Å². The number of amides is 1. The minimum atomic E-state index is -0.280. The van der Waals surface area contributed by atoms with E-state index in [2.05, 4.69) is 5.10 Å². The van der Waals surface area contributed by atoms with Gasteiger partial charge in [-0.1, -0.05) is 12.8 Å². The summed E-state index contributed by atoms with van der Waals surface area (Å²) in [4.78, 5) is 26.6. The molecule has 4 rings (SSSR count). The van der Waals surface area contributed by atoms with Crippen LogP contribution >= 0.6 is 0 Å². The van der Waals surface area contributed by atoms with Gasteiger partial charge in [-0.2, -0.15) is 5.10 Å². The maximum absolute atomic E-state index is 12.6. The van der Waals surface area contributed by atoms with E-state index in [9.17, 15) is 9.59 Å². The molecule has 2 aromatic rings. The molecule has 1 saturated heterocycles. The highest BCUT2D eigenvalue weighted by Crippen LogP contribution is 2.35. The molecule has 2 aliphatic heterocycles. The molecule has 1 fully saturated rings. The van der Waals surface area contributed by atoms with E-state index in [1.807, 2.05) is 23.1 Å². The second kappa shape index (κ2) is 7.19. The highest BCUT2D eigenvalue weighted by molar-refractivity contribution is 5.76. The van der Waals surface area contributed by atoms with Gasteiger partial charge in [0.1, 0.15) is 6.54 Å². The highest BCUT2D eigenvalue weighted by Gasteiger charge is 2.18. The van der Waals surface area contributed by atoms with Crippen LogP contribution in [0.25, 0.3) is 11.3 Å². The predicted octanol–water partition coefficient (Wildman–Crippen LogP) is 2.04. The van der Waals surface area contributed by atoms with E-state index >= 15 is 0 Å². The second-order valence-corrected chi connectivity index (χ2v) is 6.58. The van der Waals surface area contributed by atoms with Crippen molar-refractivity contribution in [3.63, 3.8) is 0 Å². The van der Waals surface area contributed by atoms with Gasteiger partial charge in [0.05, 0.1) is 5.69 Å². The molecule has 0 atom stereocenters. The normalized spacial score (nSPS) is 16.4. The Morgan fingerprint density at radius 3 is 2.58 bits per heavy atom.